The number of allylic oxidation sites excluding steroid dienone is 1. The van der Waals surface area contributed by atoms with Crippen LogP contribution in [0.25, 0.3) is 5.76 Å². The molecule has 0 unspecified atom stereocenters. The molecule has 3 aromatic rings. The van der Waals surface area contributed by atoms with Crippen LogP contribution in [0.4, 0.5) is 0 Å². The van der Waals surface area contributed by atoms with Crippen molar-refractivity contribution in [2.45, 2.75) is 6.42 Å². The number of nitrogens with one attached hydrogen (secondary N) is 1. The average molecular weight is 325 g/mol. The number of carbonyl (C=O) groups is 1. The van der Waals surface area contributed by atoms with Crippen molar-refractivity contribution in [2.75, 3.05) is 7.11 Å². The smallest absolute Gasteiger partial charge is 0.226 e. The standard InChI is InChI=1S/C17H15N3O4/c1-23-16-5-3-2-4-11(16)6-13-7-12(9-24-13)14(21)8-15(22)17-18-10-19-20-17/h2-5,7-10,21H,6H2,1H3,(H,18,19,20). The van der Waals surface area contributed by atoms with Crippen molar-refractivity contribution >= 4 is 11.5 Å². The number of hydrogen-bond acceptors (Lipinski definition) is 6. The van der Waals surface area contributed by atoms with Gasteiger partial charge in [0.15, 0.2) is 5.82 Å². The number of hydrogen-bond donors (Lipinski definition) is 2. The SMILES string of the molecule is COc1ccccc1Cc1cc(C(O)=CC(=O)c2ncn[nH]2)co1. The highest BCUT2D eigenvalue weighted by molar-refractivity contribution is 6.05. The molecule has 0 aliphatic heterocycles. The Morgan fingerprint density at radius 1 is 1.42 bits per heavy atom. The van der Waals surface area contributed by atoms with Gasteiger partial charge in [0.1, 0.15) is 29.9 Å². The molecular weight excluding hydrogens is 310 g/mol. The third kappa shape index (κ3) is 3.35. The van der Waals surface area contributed by atoms with Crippen molar-refractivity contribution in [3.63, 3.8) is 0 Å². The Kier molecular flexibility index (Phi) is 4.42. The summed E-state index contributed by atoms with van der Waals surface area (Å²) in [6, 6.07) is 9.28. The van der Waals surface area contributed by atoms with Gasteiger partial charge in [0, 0.05) is 18.1 Å². The van der Waals surface area contributed by atoms with Gasteiger partial charge in [-0.3, -0.25) is 9.89 Å². The Morgan fingerprint density at radius 2 is 2.25 bits per heavy atom. The molecule has 0 amide bonds. The summed E-state index contributed by atoms with van der Waals surface area (Å²) in [6.07, 6.45) is 4.19. The highest BCUT2D eigenvalue weighted by atomic mass is 16.5. The average Bonchev–Trinajstić information content (AvgIpc) is 3.27. The van der Waals surface area contributed by atoms with Crippen LogP contribution in [0, 0.1) is 0 Å². The Morgan fingerprint density at radius 3 is 3.00 bits per heavy atom. The number of furan rings is 1. The van der Waals surface area contributed by atoms with Crippen molar-refractivity contribution in [3.8, 4) is 5.75 Å². The van der Waals surface area contributed by atoms with Crippen LogP contribution in [0.15, 0.2) is 53.4 Å². The summed E-state index contributed by atoms with van der Waals surface area (Å²) in [7, 11) is 1.61. The zero-order valence-corrected chi connectivity index (χ0v) is 12.9. The Labute approximate surface area is 137 Å². The number of nitrogens with zero attached hydrogens (tertiary/aromatic N) is 2. The third-order valence-electron chi connectivity index (χ3n) is 3.42. The van der Waals surface area contributed by atoms with E-state index in [9.17, 15) is 9.90 Å². The number of aliphatic hydroxyl groups is 1. The van der Waals surface area contributed by atoms with E-state index in [2.05, 4.69) is 15.2 Å². The fourth-order valence-electron chi connectivity index (χ4n) is 2.24. The summed E-state index contributed by atoms with van der Waals surface area (Å²) in [4.78, 5) is 15.6. The molecule has 7 heteroatoms. The predicted molar refractivity (Wildman–Crippen MR) is 85.8 cm³/mol. The van der Waals surface area contributed by atoms with Gasteiger partial charge in [-0.15, -0.1) is 0 Å². The predicted octanol–water partition coefficient (Wildman–Crippen LogP) is 2.78. The highest BCUT2D eigenvalue weighted by Crippen LogP contribution is 2.23. The summed E-state index contributed by atoms with van der Waals surface area (Å²) >= 11 is 0. The molecule has 0 bridgehead atoms. The first-order valence-electron chi connectivity index (χ1n) is 7.17. The molecular formula is C17H15N3O4. The van der Waals surface area contributed by atoms with Crippen LogP contribution in [0.3, 0.4) is 0 Å². The van der Waals surface area contributed by atoms with Crippen LogP contribution in [0.2, 0.25) is 0 Å². The maximum Gasteiger partial charge on any atom is 0.226 e. The molecule has 24 heavy (non-hydrogen) atoms. The number of aromatic amines is 1. The molecule has 2 aromatic heterocycles. The first kappa shape index (κ1) is 15.5. The molecule has 0 saturated carbocycles. The molecule has 3 rings (SSSR count). The molecule has 0 aliphatic rings. The van der Waals surface area contributed by atoms with Gasteiger partial charge in [0.2, 0.25) is 5.78 Å². The second-order valence-electron chi connectivity index (χ2n) is 5.02. The number of carbonyl (C=O) groups excluding carboxylic acids is 1. The Bertz CT molecular complexity index is 866. The van der Waals surface area contributed by atoms with Gasteiger partial charge in [-0.2, -0.15) is 5.10 Å². The molecule has 0 radical (unpaired) electrons. The molecule has 0 saturated heterocycles. The van der Waals surface area contributed by atoms with E-state index in [4.69, 9.17) is 9.15 Å². The van der Waals surface area contributed by atoms with Crippen LogP contribution in [0.1, 0.15) is 27.5 Å². The van der Waals surface area contributed by atoms with Gasteiger partial charge in [-0.1, -0.05) is 18.2 Å². The Balaban J connectivity index is 1.76. The second-order valence-corrected chi connectivity index (χ2v) is 5.02. The monoisotopic (exact) mass is 325 g/mol. The van der Waals surface area contributed by atoms with E-state index in [0.717, 1.165) is 17.4 Å². The molecule has 7 nitrogen and oxygen atoms in total. The summed E-state index contributed by atoms with van der Waals surface area (Å²) in [5.41, 5.74) is 1.37. The minimum absolute atomic E-state index is 0.0549. The lowest BCUT2D eigenvalue weighted by Crippen LogP contribution is -1.99. The summed E-state index contributed by atoms with van der Waals surface area (Å²) in [5, 5.41) is 16.1. The van der Waals surface area contributed by atoms with E-state index in [1.54, 1.807) is 13.2 Å². The zero-order chi connectivity index (χ0) is 16.9. The van der Waals surface area contributed by atoms with E-state index in [-0.39, 0.29) is 11.6 Å². The van der Waals surface area contributed by atoms with Gasteiger partial charge >= 0.3 is 0 Å². The lowest BCUT2D eigenvalue weighted by Gasteiger charge is -2.05. The minimum Gasteiger partial charge on any atom is -0.507 e. The van der Waals surface area contributed by atoms with E-state index < -0.39 is 5.78 Å². The second kappa shape index (κ2) is 6.82. The molecule has 2 heterocycles. The van der Waals surface area contributed by atoms with Crippen molar-refractivity contribution in [2.24, 2.45) is 0 Å². The summed E-state index contributed by atoms with van der Waals surface area (Å²) in [6.45, 7) is 0. The number of ether oxygens (including phenoxy) is 1. The third-order valence-corrected chi connectivity index (χ3v) is 3.42. The molecule has 122 valence electrons. The summed E-state index contributed by atoms with van der Waals surface area (Å²) < 4.78 is 10.8. The number of benzene rings is 1. The molecule has 0 spiro atoms. The van der Waals surface area contributed by atoms with Gasteiger partial charge in [-0.05, 0) is 12.1 Å². The maximum atomic E-state index is 11.9. The molecule has 1 aromatic carbocycles. The van der Waals surface area contributed by atoms with Gasteiger partial charge in [0.25, 0.3) is 0 Å². The Hall–Kier alpha value is -3.35. The topological polar surface area (TPSA) is 101 Å². The maximum absolute atomic E-state index is 11.9. The molecule has 2 N–H and O–H groups in total. The lowest BCUT2D eigenvalue weighted by molar-refractivity contribution is 0.103. The van der Waals surface area contributed by atoms with E-state index in [1.165, 1.54) is 12.6 Å². The van der Waals surface area contributed by atoms with Crippen molar-refractivity contribution in [3.05, 3.63) is 71.7 Å². The zero-order valence-electron chi connectivity index (χ0n) is 12.9. The van der Waals surface area contributed by atoms with E-state index >= 15 is 0 Å². The molecule has 0 aliphatic carbocycles. The van der Waals surface area contributed by atoms with Crippen LogP contribution < -0.4 is 4.74 Å². The highest BCUT2D eigenvalue weighted by Gasteiger charge is 2.12. The molecule has 0 fully saturated rings. The first-order valence-corrected chi connectivity index (χ1v) is 7.17. The quantitative estimate of drug-likeness (QED) is 0.410. The van der Waals surface area contributed by atoms with E-state index in [0.29, 0.717) is 17.7 Å². The largest absolute Gasteiger partial charge is 0.507 e. The van der Waals surface area contributed by atoms with Gasteiger partial charge < -0.3 is 14.3 Å². The van der Waals surface area contributed by atoms with Crippen LogP contribution >= 0.6 is 0 Å². The van der Waals surface area contributed by atoms with Crippen LogP contribution in [-0.4, -0.2) is 33.2 Å². The van der Waals surface area contributed by atoms with E-state index in [1.807, 2.05) is 24.3 Å². The van der Waals surface area contributed by atoms with Gasteiger partial charge in [-0.25, -0.2) is 4.98 Å². The minimum atomic E-state index is -0.475. The first-order chi connectivity index (χ1) is 11.7. The van der Waals surface area contributed by atoms with Crippen molar-refractivity contribution < 1.29 is 19.1 Å². The van der Waals surface area contributed by atoms with Gasteiger partial charge in [0.05, 0.1) is 12.7 Å². The van der Waals surface area contributed by atoms with Crippen LogP contribution in [0.5, 0.6) is 5.75 Å². The van der Waals surface area contributed by atoms with Crippen LogP contribution in [-0.2, 0) is 6.42 Å². The summed E-state index contributed by atoms with van der Waals surface area (Å²) in [5.74, 6) is 0.778. The van der Waals surface area contributed by atoms with Crippen molar-refractivity contribution in [1.82, 2.24) is 15.2 Å². The molecule has 0 atom stereocenters. The normalized spacial score (nSPS) is 11.5. The fraction of sp³-hybridized carbons (Fsp3) is 0.118. The fourth-order valence-corrected chi connectivity index (χ4v) is 2.24. The van der Waals surface area contributed by atoms with Crippen molar-refractivity contribution in [1.29, 1.82) is 0 Å². The number of aromatic nitrogens is 3. The number of H-pyrrole nitrogens is 1. The number of aliphatic hydroxyl groups excluding tert-OH is 1. The number of ketones is 1. The number of rotatable bonds is 6. The number of methoxy groups -OCH3 is 1. The lowest BCUT2D eigenvalue weighted by atomic mass is 10.1. The number of para-hydroxylation sites is 1.